The van der Waals surface area contributed by atoms with Crippen LogP contribution in [0.25, 0.3) is 11.1 Å². The lowest BCUT2D eigenvalue weighted by molar-refractivity contribution is 0.0595. The fraction of sp³-hybridized carbons (Fsp3) is 0.0714. The molecule has 4 nitrogen and oxygen atoms in total. The van der Waals surface area contributed by atoms with Gasteiger partial charge in [0.25, 0.3) is 0 Å². The number of benzene rings is 1. The number of hydrogen-bond acceptors (Lipinski definition) is 4. The fourth-order valence-electron chi connectivity index (χ4n) is 1.64. The summed E-state index contributed by atoms with van der Waals surface area (Å²) >= 11 is 0. The van der Waals surface area contributed by atoms with E-state index in [0.717, 1.165) is 11.8 Å². The molecule has 1 aromatic carbocycles. The summed E-state index contributed by atoms with van der Waals surface area (Å²) < 4.78 is 4.69. The Bertz CT molecular complexity index is 576. The fourth-order valence-corrected chi connectivity index (χ4v) is 1.64. The number of hydrogen-bond donors (Lipinski definition) is 0. The van der Waals surface area contributed by atoms with Gasteiger partial charge in [-0.3, -0.25) is 4.79 Å². The van der Waals surface area contributed by atoms with Crippen molar-refractivity contribution in [2.45, 2.75) is 0 Å². The number of carbonyl (C=O) groups is 2. The number of carbonyl (C=O) groups excluding carboxylic acids is 2. The summed E-state index contributed by atoms with van der Waals surface area (Å²) in [4.78, 5) is 26.2. The van der Waals surface area contributed by atoms with Crippen LogP contribution in [0.1, 0.15) is 20.8 Å². The zero-order valence-corrected chi connectivity index (χ0v) is 9.79. The molecular formula is C14H11NO3. The Hall–Kier alpha value is -2.49. The van der Waals surface area contributed by atoms with E-state index in [9.17, 15) is 9.59 Å². The molecule has 0 amide bonds. The van der Waals surface area contributed by atoms with Gasteiger partial charge >= 0.3 is 5.97 Å². The molecule has 2 rings (SSSR count). The molecule has 0 saturated heterocycles. The lowest BCUT2D eigenvalue weighted by Gasteiger charge is -2.06. The number of methoxy groups -OCH3 is 1. The van der Waals surface area contributed by atoms with Gasteiger partial charge in [-0.25, -0.2) is 9.78 Å². The molecule has 0 aliphatic rings. The molecule has 4 heteroatoms. The maximum absolute atomic E-state index is 11.6. The van der Waals surface area contributed by atoms with Gasteiger partial charge in [0, 0.05) is 17.3 Å². The van der Waals surface area contributed by atoms with Crippen LogP contribution in [0.2, 0.25) is 0 Å². The SMILES string of the molecule is COC(=O)c1ncccc1-c1ccc(C=O)cc1. The molecule has 0 saturated carbocycles. The van der Waals surface area contributed by atoms with Gasteiger partial charge in [-0.05, 0) is 11.6 Å². The lowest BCUT2D eigenvalue weighted by atomic mass is 10.0. The molecule has 0 radical (unpaired) electrons. The van der Waals surface area contributed by atoms with Crippen LogP contribution in [0, 0.1) is 0 Å². The van der Waals surface area contributed by atoms with E-state index < -0.39 is 5.97 Å². The van der Waals surface area contributed by atoms with Gasteiger partial charge in [0.1, 0.15) is 6.29 Å². The molecule has 0 N–H and O–H groups in total. The van der Waals surface area contributed by atoms with Crippen molar-refractivity contribution in [3.8, 4) is 11.1 Å². The first-order valence-electron chi connectivity index (χ1n) is 5.35. The maximum Gasteiger partial charge on any atom is 0.357 e. The molecule has 0 unspecified atom stereocenters. The van der Waals surface area contributed by atoms with E-state index in [1.165, 1.54) is 13.3 Å². The van der Waals surface area contributed by atoms with Crippen LogP contribution in [0.3, 0.4) is 0 Å². The topological polar surface area (TPSA) is 56.3 Å². The van der Waals surface area contributed by atoms with E-state index in [4.69, 9.17) is 0 Å². The number of esters is 1. The summed E-state index contributed by atoms with van der Waals surface area (Å²) in [6.45, 7) is 0. The van der Waals surface area contributed by atoms with Gasteiger partial charge in [-0.2, -0.15) is 0 Å². The Balaban J connectivity index is 2.49. The second-order valence-corrected chi connectivity index (χ2v) is 3.63. The summed E-state index contributed by atoms with van der Waals surface area (Å²) in [6.07, 6.45) is 2.31. The predicted molar refractivity (Wildman–Crippen MR) is 66.4 cm³/mol. The van der Waals surface area contributed by atoms with Crippen molar-refractivity contribution in [2.75, 3.05) is 7.11 Å². The molecule has 0 spiro atoms. The number of ether oxygens (including phenoxy) is 1. The molecule has 1 heterocycles. The van der Waals surface area contributed by atoms with Crippen molar-refractivity contribution in [2.24, 2.45) is 0 Å². The summed E-state index contributed by atoms with van der Waals surface area (Å²) in [5, 5.41) is 0. The Morgan fingerprint density at radius 2 is 1.94 bits per heavy atom. The smallest absolute Gasteiger partial charge is 0.357 e. The van der Waals surface area contributed by atoms with E-state index in [-0.39, 0.29) is 5.69 Å². The normalized spacial score (nSPS) is 9.83. The van der Waals surface area contributed by atoms with Crippen LogP contribution < -0.4 is 0 Å². The Morgan fingerprint density at radius 3 is 2.56 bits per heavy atom. The first-order chi connectivity index (χ1) is 8.76. The van der Waals surface area contributed by atoms with Crippen molar-refractivity contribution in [3.05, 3.63) is 53.9 Å². The highest BCUT2D eigenvalue weighted by molar-refractivity contribution is 5.95. The van der Waals surface area contributed by atoms with Crippen LogP contribution in [-0.4, -0.2) is 24.3 Å². The van der Waals surface area contributed by atoms with Gasteiger partial charge < -0.3 is 4.74 Å². The molecule has 18 heavy (non-hydrogen) atoms. The number of rotatable bonds is 3. The molecule has 2 aromatic rings. The second kappa shape index (κ2) is 5.23. The minimum absolute atomic E-state index is 0.263. The van der Waals surface area contributed by atoms with Gasteiger partial charge in [0.15, 0.2) is 5.69 Å². The Kier molecular flexibility index (Phi) is 3.48. The van der Waals surface area contributed by atoms with Crippen molar-refractivity contribution < 1.29 is 14.3 Å². The van der Waals surface area contributed by atoms with Crippen LogP contribution in [0.4, 0.5) is 0 Å². The second-order valence-electron chi connectivity index (χ2n) is 3.63. The maximum atomic E-state index is 11.6. The number of pyridine rings is 1. The van der Waals surface area contributed by atoms with E-state index in [1.54, 1.807) is 36.4 Å². The monoisotopic (exact) mass is 241 g/mol. The van der Waals surface area contributed by atoms with Gasteiger partial charge in [0.05, 0.1) is 7.11 Å². The third kappa shape index (κ3) is 2.27. The summed E-state index contributed by atoms with van der Waals surface area (Å²) in [6, 6.07) is 10.5. The molecule has 0 atom stereocenters. The van der Waals surface area contributed by atoms with E-state index in [1.807, 2.05) is 0 Å². The molecule has 90 valence electrons. The lowest BCUT2D eigenvalue weighted by Crippen LogP contribution is -2.06. The van der Waals surface area contributed by atoms with Gasteiger partial charge in [0.2, 0.25) is 0 Å². The minimum atomic E-state index is -0.481. The van der Waals surface area contributed by atoms with Crippen molar-refractivity contribution in [3.63, 3.8) is 0 Å². The standard InChI is InChI=1S/C14H11NO3/c1-18-14(17)13-12(3-2-8-15-13)11-6-4-10(9-16)5-7-11/h2-9H,1H3. The molecule has 0 aliphatic heterocycles. The summed E-state index contributed by atoms with van der Waals surface area (Å²) in [5.41, 5.74) is 2.34. The van der Waals surface area contributed by atoms with Crippen molar-refractivity contribution in [1.82, 2.24) is 4.98 Å². The average Bonchev–Trinajstić information content (AvgIpc) is 2.46. The van der Waals surface area contributed by atoms with Crippen LogP contribution >= 0.6 is 0 Å². The summed E-state index contributed by atoms with van der Waals surface area (Å²) in [5.74, 6) is -0.481. The van der Waals surface area contributed by atoms with Crippen molar-refractivity contribution >= 4 is 12.3 Å². The van der Waals surface area contributed by atoms with E-state index >= 15 is 0 Å². The Morgan fingerprint density at radius 1 is 1.22 bits per heavy atom. The van der Waals surface area contributed by atoms with Crippen LogP contribution in [0.5, 0.6) is 0 Å². The first kappa shape index (κ1) is 12.0. The zero-order chi connectivity index (χ0) is 13.0. The van der Waals surface area contributed by atoms with Crippen LogP contribution in [-0.2, 0) is 4.74 Å². The molecular weight excluding hydrogens is 230 g/mol. The quantitative estimate of drug-likeness (QED) is 0.611. The molecule has 0 fully saturated rings. The molecule has 0 bridgehead atoms. The molecule has 1 aromatic heterocycles. The van der Waals surface area contributed by atoms with Gasteiger partial charge in [-0.1, -0.05) is 30.3 Å². The highest BCUT2D eigenvalue weighted by Gasteiger charge is 2.13. The number of aromatic nitrogens is 1. The number of nitrogens with zero attached hydrogens (tertiary/aromatic N) is 1. The minimum Gasteiger partial charge on any atom is -0.464 e. The zero-order valence-electron chi connectivity index (χ0n) is 9.79. The van der Waals surface area contributed by atoms with Gasteiger partial charge in [-0.15, -0.1) is 0 Å². The highest BCUT2D eigenvalue weighted by Crippen LogP contribution is 2.22. The Labute approximate surface area is 104 Å². The largest absolute Gasteiger partial charge is 0.464 e. The van der Waals surface area contributed by atoms with E-state index in [2.05, 4.69) is 9.72 Å². The average molecular weight is 241 g/mol. The first-order valence-corrected chi connectivity index (χ1v) is 5.35. The summed E-state index contributed by atoms with van der Waals surface area (Å²) in [7, 11) is 1.32. The number of aldehydes is 1. The predicted octanol–water partition coefficient (Wildman–Crippen LogP) is 2.35. The van der Waals surface area contributed by atoms with E-state index in [0.29, 0.717) is 11.1 Å². The highest BCUT2D eigenvalue weighted by atomic mass is 16.5. The third-order valence-corrected chi connectivity index (χ3v) is 2.54. The molecule has 0 aliphatic carbocycles. The third-order valence-electron chi connectivity index (χ3n) is 2.54. The van der Waals surface area contributed by atoms with Crippen molar-refractivity contribution in [1.29, 1.82) is 0 Å². The van der Waals surface area contributed by atoms with Crippen LogP contribution in [0.15, 0.2) is 42.6 Å².